The molecule has 0 aliphatic heterocycles. The Morgan fingerprint density at radius 3 is 2.85 bits per heavy atom. The number of halogens is 1. The summed E-state index contributed by atoms with van der Waals surface area (Å²) in [7, 11) is 0. The fourth-order valence-electron chi connectivity index (χ4n) is 1.95. The van der Waals surface area contributed by atoms with E-state index in [1.807, 2.05) is 20.8 Å². The number of fused-ring (bicyclic) bond motifs is 1. The molecule has 1 unspecified atom stereocenters. The van der Waals surface area contributed by atoms with E-state index in [1.54, 1.807) is 0 Å². The molecule has 0 bridgehead atoms. The van der Waals surface area contributed by atoms with E-state index in [2.05, 4.69) is 15.3 Å². The minimum atomic E-state index is -0.550. The number of nitrogens with two attached hydrogens (primary N) is 1. The van der Waals surface area contributed by atoms with Gasteiger partial charge in [0, 0.05) is 6.54 Å². The summed E-state index contributed by atoms with van der Waals surface area (Å²) in [6.45, 7) is 6.12. The molecule has 1 amide bonds. The van der Waals surface area contributed by atoms with Crippen molar-refractivity contribution in [1.29, 1.82) is 0 Å². The first-order valence-corrected chi connectivity index (χ1v) is 6.52. The summed E-state index contributed by atoms with van der Waals surface area (Å²) in [5.74, 6) is -0.700. The molecular formula is C14H19FN4O. The Bertz CT molecular complexity index is 637. The summed E-state index contributed by atoms with van der Waals surface area (Å²) in [6, 6.07) is 2.50. The highest BCUT2D eigenvalue weighted by Gasteiger charge is 2.29. The van der Waals surface area contributed by atoms with Crippen molar-refractivity contribution >= 4 is 16.9 Å². The van der Waals surface area contributed by atoms with Gasteiger partial charge in [-0.25, -0.2) is 9.37 Å². The van der Waals surface area contributed by atoms with Crippen LogP contribution in [0.4, 0.5) is 4.39 Å². The van der Waals surface area contributed by atoms with Gasteiger partial charge >= 0.3 is 0 Å². The summed E-state index contributed by atoms with van der Waals surface area (Å²) in [6.07, 6.45) is 1.44. The van der Waals surface area contributed by atoms with Crippen LogP contribution in [0.15, 0.2) is 18.5 Å². The standard InChI is InChI=1S/C14H19FN4O/c1-8(2)14(3,6-16)19-13(20)10-4-9(15)5-11-12(10)18-7-17-11/h4-5,7-8H,6,16H2,1-3H3,(H,17,18)(H,19,20). The van der Waals surface area contributed by atoms with Crippen molar-refractivity contribution < 1.29 is 9.18 Å². The molecule has 0 saturated heterocycles. The Kier molecular flexibility index (Phi) is 3.76. The maximum absolute atomic E-state index is 13.6. The molecule has 0 aliphatic rings. The lowest BCUT2D eigenvalue weighted by Crippen LogP contribution is -2.55. The molecule has 0 saturated carbocycles. The van der Waals surface area contributed by atoms with Crippen LogP contribution in [0.1, 0.15) is 31.1 Å². The van der Waals surface area contributed by atoms with Gasteiger partial charge in [0.1, 0.15) is 11.3 Å². The number of nitrogens with zero attached hydrogens (tertiary/aromatic N) is 1. The number of benzene rings is 1. The van der Waals surface area contributed by atoms with Gasteiger partial charge < -0.3 is 16.0 Å². The van der Waals surface area contributed by atoms with Crippen molar-refractivity contribution in [2.45, 2.75) is 26.3 Å². The molecule has 2 aromatic rings. The van der Waals surface area contributed by atoms with Crippen molar-refractivity contribution in [1.82, 2.24) is 15.3 Å². The number of H-pyrrole nitrogens is 1. The van der Waals surface area contributed by atoms with Crippen LogP contribution >= 0.6 is 0 Å². The fraction of sp³-hybridized carbons (Fsp3) is 0.429. The largest absolute Gasteiger partial charge is 0.345 e. The summed E-state index contributed by atoms with van der Waals surface area (Å²) in [5.41, 5.74) is 6.35. The van der Waals surface area contributed by atoms with Crippen molar-refractivity contribution in [2.75, 3.05) is 6.54 Å². The number of carbonyl (C=O) groups excluding carboxylic acids is 1. The molecule has 5 nitrogen and oxygen atoms in total. The Morgan fingerprint density at radius 2 is 2.25 bits per heavy atom. The zero-order valence-electron chi connectivity index (χ0n) is 11.8. The van der Waals surface area contributed by atoms with Gasteiger partial charge in [0.05, 0.1) is 22.9 Å². The third-order valence-electron chi connectivity index (χ3n) is 3.83. The second-order valence-electron chi connectivity index (χ2n) is 5.48. The zero-order valence-corrected chi connectivity index (χ0v) is 11.8. The monoisotopic (exact) mass is 278 g/mol. The predicted octanol–water partition coefficient (Wildman–Crippen LogP) is 1.81. The fourth-order valence-corrected chi connectivity index (χ4v) is 1.95. The SMILES string of the molecule is CC(C)C(C)(CN)NC(=O)c1cc(F)cc2[nH]cnc12. The third kappa shape index (κ3) is 2.51. The molecule has 1 aromatic heterocycles. The highest BCUT2D eigenvalue weighted by Crippen LogP contribution is 2.20. The van der Waals surface area contributed by atoms with Crippen LogP contribution in [0.5, 0.6) is 0 Å². The van der Waals surface area contributed by atoms with E-state index >= 15 is 0 Å². The maximum atomic E-state index is 13.6. The molecule has 1 atom stereocenters. The summed E-state index contributed by atoms with van der Waals surface area (Å²) < 4.78 is 13.6. The van der Waals surface area contributed by atoms with Gasteiger partial charge in [-0.15, -0.1) is 0 Å². The third-order valence-corrected chi connectivity index (χ3v) is 3.83. The smallest absolute Gasteiger partial charge is 0.254 e. The van der Waals surface area contributed by atoms with Gasteiger partial charge in [-0.2, -0.15) is 0 Å². The highest BCUT2D eigenvalue weighted by molar-refractivity contribution is 6.05. The van der Waals surface area contributed by atoms with Crippen LogP contribution < -0.4 is 11.1 Å². The average molecular weight is 278 g/mol. The van der Waals surface area contributed by atoms with Crippen LogP contribution in [-0.4, -0.2) is 28.0 Å². The number of carbonyl (C=O) groups is 1. The van der Waals surface area contributed by atoms with Crippen LogP contribution in [-0.2, 0) is 0 Å². The summed E-state index contributed by atoms with van der Waals surface area (Å²) >= 11 is 0. The predicted molar refractivity (Wildman–Crippen MR) is 75.8 cm³/mol. The van der Waals surface area contributed by atoms with E-state index in [9.17, 15) is 9.18 Å². The van der Waals surface area contributed by atoms with E-state index in [1.165, 1.54) is 18.5 Å². The van der Waals surface area contributed by atoms with E-state index < -0.39 is 11.4 Å². The number of rotatable bonds is 4. The molecule has 0 aliphatic carbocycles. The molecule has 2 rings (SSSR count). The lowest BCUT2D eigenvalue weighted by Gasteiger charge is -2.33. The Labute approximate surface area is 116 Å². The second-order valence-corrected chi connectivity index (χ2v) is 5.48. The topological polar surface area (TPSA) is 83.8 Å². The molecule has 4 N–H and O–H groups in total. The molecule has 1 heterocycles. The Balaban J connectivity index is 2.39. The van der Waals surface area contributed by atoms with Crippen LogP contribution in [0, 0.1) is 11.7 Å². The molecule has 0 spiro atoms. The van der Waals surface area contributed by atoms with Gasteiger partial charge in [0.25, 0.3) is 5.91 Å². The first kappa shape index (κ1) is 14.5. The van der Waals surface area contributed by atoms with E-state index in [0.717, 1.165) is 0 Å². The molecule has 0 fully saturated rings. The number of hydrogen-bond donors (Lipinski definition) is 3. The molecule has 1 aromatic carbocycles. The second kappa shape index (κ2) is 5.20. The summed E-state index contributed by atoms with van der Waals surface area (Å²) in [4.78, 5) is 19.3. The van der Waals surface area contributed by atoms with Gasteiger partial charge in [-0.05, 0) is 25.0 Å². The van der Waals surface area contributed by atoms with Crippen LogP contribution in [0.25, 0.3) is 11.0 Å². The van der Waals surface area contributed by atoms with Crippen molar-refractivity contribution in [3.05, 3.63) is 29.8 Å². The van der Waals surface area contributed by atoms with Gasteiger partial charge in [-0.1, -0.05) is 13.8 Å². The molecular weight excluding hydrogens is 259 g/mol. The number of amides is 1. The average Bonchev–Trinajstić information content (AvgIpc) is 2.85. The molecule has 0 radical (unpaired) electrons. The number of nitrogens with one attached hydrogen (secondary N) is 2. The molecule has 6 heteroatoms. The maximum Gasteiger partial charge on any atom is 0.254 e. The van der Waals surface area contributed by atoms with Crippen molar-refractivity contribution in [3.63, 3.8) is 0 Å². The number of aromatic amines is 1. The van der Waals surface area contributed by atoms with Gasteiger partial charge in [-0.3, -0.25) is 4.79 Å². The minimum absolute atomic E-state index is 0.152. The molecule has 108 valence electrons. The van der Waals surface area contributed by atoms with Crippen LogP contribution in [0.3, 0.4) is 0 Å². The lowest BCUT2D eigenvalue weighted by molar-refractivity contribution is 0.0884. The number of aromatic nitrogens is 2. The zero-order chi connectivity index (χ0) is 14.9. The minimum Gasteiger partial charge on any atom is -0.345 e. The highest BCUT2D eigenvalue weighted by atomic mass is 19.1. The van der Waals surface area contributed by atoms with E-state index in [0.29, 0.717) is 17.6 Å². The van der Waals surface area contributed by atoms with E-state index in [4.69, 9.17) is 5.73 Å². The quantitative estimate of drug-likeness (QED) is 0.797. The Morgan fingerprint density at radius 1 is 1.55 bits per heavy atom. The van der Waals surface area contributed by atoms with Gasteiger partial charge in [0.15, 0.2) is 0 Å². The van der Waals surface area contributed by atoms with Crippen molar-refractivity contribution in [2.24, 2.45) is 11.7 Å². The number of imidazole rings is 1. The van der Waals surface area contributed by atoms with Crippen molar-refractivity contribution in [3.8, 4) is 0 Å². The normalized spacial score (nSPS) is 14.5. The Hall–Kier alpha value is -1.95. The first-order valence-electron chi connectivity index (χ1n) is 6.52. The molecule has 20 heavy (non-hydrogen) atoms. The van der Waals surface area contributed by atoms with Crippen LogP contribution in [0.2, 0.25) is 0 Å². The van der Waals surface area contributed by atoms with Gasteiger partial charge in [0.2, 0.25) is 0 Å². The number of hydrogen-bond acceptors (Lipinski definition) is 3. The van der Waals surface area contributed by atoms with E-state index in [-0.39, 0.29) is 17.4 Å². The summed E-state index contributed by atoms with van der Waals surface area (Å²) in [5, 5.41) is 2.88. The first-order chi connectivity index (χ1) is 9.37. The lowest BCUT2D eigenvalue weighted by atomic mass is 9.88.